The van der Waals surface area contributed by atoms with Gasteiger partial charge in [0, 0.05) is 12.0 Å². The Morgan fingerprint density at radius 1 is 1.10 bits per heavy atom. The van der Waals surface area contributed by atoms with E-state index in [2.05, 4.69) is 16.3 Å². The number of para-hydroxylation sites is 2. The maximum Gasteiger partial charge on any atom is 0.243 e. The Morgan fingerprint density at radius 2 is 1.87 bits per heavy atom. The van der Waals surface area contributed by atoms with Crippen LogP contribution in [0.2, 0.25) is 0 Å². The third kappa shape index (κ3) is 2.23. The number of amides is 2. The first-order valence-electron chi connectivity index (χ1n) is 9.79. The molecule has 1 atom stereocenters. The van der Waals surface area contributed by atoms with Crippen LogP contribution in [0.25, 0.3) is 5.69 Å². The second-order valence-electron chi connectivity index (χ2n) is 7.80. The molecule has 0 aliphatic carbocycles. The van der Waals surface area contributed by atoms with Crippen LogP contribution in [0.1, 0.15) is 28.7 Å². The fourth-order valence-corrected chi connectivity index (χ4v) is 4.76. The second kappa shape index (κ2) is 6.33. The number of hydrogen-bond donors (Lipinski definition) is 1. The number of nitrogens with zero attached hydrogens (tertiary/aromatic N) is 3. The first-order valence-corrected chi connectivity index (χ1v) is 9.79. The second-order valence-corrected chi connectivity index (χ2v) is 7.80. The van der Waals surface area contributed by atoms with Crippen molar-refractivity contribution >= 4 is 23.3 Å². The standard InChI is InChI=1S/C24H20N4O2/c1-4-12-27-21-16(3)9-7-10-17(21)24(23(27)30)13-20(29)26-22-18(24)14-25-28(22)19-11-6-5-8-15(19)2/h1,5-11,14H,12-13H2,2-3H3,(H,26,29)/t24-/m0/s1. The van der Waals surface area contributed by atoms with Crippen LogP contribution in [0.5, 0.6) is 0 Å². The summed E-state index contributed by atoms with van der Waals surface area (Å²) in [5, 5.41) is 7.52. The van der Waals surface area contributed by atoms with Crippen LogP contribution in [0.3, 0.4) is 0 Å². The number of aryl methyl sites for hydroxylation is 2. The van der Waals surface area contributed by atoms with E-state index < -0.39 is 5.41 Å². The molecule has 148 valence electrons. The Hall–Kier alpha value is -3.85. The van der Waals surface area contributed by atoms with E-state index in [0.717, 1.165) is 28.1 Å². The molecule has 1 N–H and O–H groups in total. The minimum absolute atomic E-state index is 0.0236. The van der Waals surface area contributed by atoms with Crippen LogP contribution in [-0.2, 0) is 15.0 Å². The average molecular weight is 396 g/mol. The third-order valence-electron chi connectivity index (χ3n) is 6.08. The van der Waals surface area contributed by atoms with Crippen molar-refractivity contribution in [3.8, 4) is 18.0 Å². The molecule has 5 rings (SSSR count). The zero-order chi connectivity index (χ0) is 21.0. The molecule has 1 aromatic heterocycles. The molecule has 0 saturated heterocycles. The van der Waals surface area contributed by atoms with Gasteiger partial charge < -0.3 is 5.32 Å². The lowest BCUT2D eigenvalue weighted by molar-refractivity contribution is -0.126. The van der Waals surface area contributed by atoms with E-state index in [-0.39, 0.29) is 24.8 Å². The van der Waals surface area contributed by atoms with Gasteiger partial charge in [0.25, 0.3) is 0 Å². The molecule has 30 heavy (non-hydrogen) atoms. The summed E-state index contributed by atoms with van der Waals surface area (Å²) < 4.78 is 1.70. The lowest BCUT2D eigenvalue weighted by atomic mass is 9.71. The van der Waals surface area contributed by atoms with E-state index in [0.29, 0.717) is 11.4 Å². The Morgan fingerprint density at radius 3 is 2.63 bits per heavy atom. The highest BCUT2D eigenvalue weighted by Gasteiger charge is 2.57. The zero-order valence-corrected chi connectivity index (χ0v) is 16.8. The lowest BCUT2D eigenvalue weighted by Crippen LogP contribution is -2.46. The summed E-state index contributed by atoms with van der Waals surface area (Å²) >= 11 is 0. The molecule has 3 aromatic rings. The van der Waals surface area contributed by atoms with Crippen molar-refractivity contribution in [3.63, 3.8) is 0 Å². The number of nitrogens with one attached hydrogen (secondary N) is 1. The molecule has 6 heteroatoms. The fourth-order valence-electron chi connectivity index (χ4n) is 4.76. The van der Waals surface area contributed by atoms with Gasteiger partial charge in [-0.25, -0.2) is 4.68 Å². The molecule has 3 heterocycles. The maximum atomic E-state index is 13.8. The third-order valence-corrected chi connectivity index (χ3v) is 6.08. The van der Waals surface area contributed by atoms with Crippen molar-refractivity contribution in [2.24, 2.45) is 0 Å². The molecule has 6 nitrogen and oxygen atoms in total. The topological polar surface area (TPSA) is 67.2 Å². The normalized spacial score (nSPS) is 19.4. The van der Waals surface area contributed by atoms with Gasteiger partial charge in [-0.05, 0) is 36.6 Å². The van der Waals surface area contributed by atoms with Gasteiger partial charge in [0.1, 0.15) is 11.2 Å². The van der Waals surface area contributed by atoms with E-state index >= 15 is 0 Å². The largest absolute Gasteiger partial charge is 0.310 e. The van der Waals surface area contributed by atoms with Crippen LogP contribution in [-0.4, -0.2) is 28.1 Å². The Kier molecular flexibility index (Phi) is 3.84. The summed E-state index contributed by atoms with van der Waals surface area (Å²) in [5.74, 6) is 2.72. The summed E-state index contributed by atoms with van der Waals surface area (Å²) in [7, 11) is 0. The predicted octanol–water partition coefficient (Wildman–Crippen LogP) is 3.10. The van der Waals surface area contributed by atoms with Gasteiger partial charge in [0.15, 0.2) is 0 Å². The minimum Gasteiger partial charge on any atom is -0.310 e. The zero-order valence-electron chi connectivity index (χ0n) is 16.8. The van der Waals surface area contributed by atoms with E-state index in [9.17, 15) is 9.59 Å². The Balaban J connectivity index is 1.80. The van der Waals surface area contributed by atoms with Crippen LogP contribution in [0, 0.1) is 26.2 Å². The molecule has 0 radical (unpaired) electrons. The molecule has 2 aliphatic heterocycles. The first-order chi connectivity index (χ1) is 14.5. The van der Waals surface area contributed by atoms with Crippen molar-refractivity contribution < 1.29 is 9.59 Å². The van der Waals surface area contributed by atoms with Gasteiger partial charge in [0.05, 0.1) is 24.1 Å². The lowest BCUT2D eigenvalue weighted by Gasteiger charge is -2.32. The van der Waals surface area contributed by atoms with E-state index in [1.54, 1.807) is 15.8 Å². The van der Waals surface area contributed by atoms with E-state index in [1.165, 1.54) is 0 Å². The number of benzene rings is 2. The SMILES string of the molecule is C#CCN1C(=O)[C@@]2(CC(=O)Nc3c2cnn3-c2ccccc2C)c2cccc(C)c21. The highest BCUT2D eigenvalue weighted by molar-refractivity contribution is 6.16. The molecule has 1 spiro atoms. The Labute approximate surface area is 174 Å². The predicted molar refractivity (Wildman–Crippen MR) is 115 cm³/mol. The molecule has 0 fully saturated rings. The number of carbonyl (C=O) groups excluding carboxylic acids is 2. The Bertz CT molecular complexity index is 1270. The quantitative estimate of drug-likeness (QED) is 0.677. The van der Waals surface area contributed by atoms with Crippen molar-refractivity contribution in [3.05, 3.63) is 70.9 Å². The van der Waals surface area contributed by atoms with Gasteiger partial charge in [-0.15, -0.1) is 6.42 Å². The molecular formula is C24H20N4O2. The van der Waals surface area contributed by atoms with E-state index in [4.69, 9.17) is 6.42 Å². The number of anilines is 2. The maximum absolute atomic E-state index is 13.8. The minimum atomic E-state index is -1.13. The van der Waals surface area contributed by atoms with Crippen molar-refractivity contribution in [2.75, 3.05) is 16.8 Å². The fraction of sp³-hybridized carbons (Fsp3) is 0.208. The molecular weight excluding hydrogens is 376 g/mol. The number of terminal acetylenes is 1. The van der Waals surface area contributed by atoms with E-state index in [1.807, 2.05) is 56.3 Å². The number of carbonyl (C=O) groups is 2. The molecule has 0 bridgehead atoms. The summed E-state index contributed by atoms with van der Waals surface area (Å²) in [4.78, 5) is 28.3. The first kappa shape index (κ1) is 18.2. The summed E-state index contributed by atoms with van der Waals surface area (Å²) in [5.41, 5.74) is 3.99. The number of fused-ring (bicyclic) bond motifs is 4. The molecule has 2 aliphatic rings. The molecule has 0 saturated carbocycles. The van der Waals surface area contributed by atoms with Crippen molar-refractivity contribution in [2.45, 2.75) is 25.7 Å². The van der Waals surface area contributed by atoms with Gasteiger partial charge >= 0.3 is 0 Å². The average Bonchev–Trinajstić information content (AvgIpc) is 3.24. The number of aromatic nitrogens is 2. The van der Waals surface area contributed by atoms with Crippen LogP contribution in [0.4, 0.5) is 11.5 Å². The van der Waals surface area contributed by atoms with Crippen molar-refractivity contribution in [1.82, 2.24) is 9.78 Å². The van der Waals surface area contributed by atoms with Gasteiger partial charge in [0.2, 0.25) is 11.8 Å². The highest BCUT2D eigenvalue weighted by Crippen LogP contribution is 2.53. The molecule has 0 unspecified atom stereocenters. The summed E-state index contributed by atoms with van der Waals surface area (Å²) in [6.45, 7) is 4.09. The van der Waals surface area contributed by atoms with Crippen molar-refractivity contribution in [1.29, 1.82) is 0 Å². The highest BCUT2D eigenvalue weighted by atomic mass is 16.2. The van der Waals surface area contributed by atoms with Gasteiger partial charge in [-0.2, -0.15) is 5.10 Å². The van der Waals surface area contributed by atoms with Gasteiger partial charge in [-0.1, -0.05) is 42.3 Å². The van der Waals surface area contributed by atoms with Crippen LogP contribution >= 0.6 is 0 Å². The smallest absolute Gasteiger partial charge is 0.243 e. The van der Waals surface area contributed by atoms with Crippen LogP contribution in [0.15, 0.2) is 48.7 Å². The molecule has 2 aromatic carbocycles. The number of rotatable bonds is 2. The summed E-state index contributed by atoms with van der Waals surface area (Å²) in [6, 6.07) is 13.6. The van der Waals surface area contributed by atoms with Crippen LogP contribution < -0.4 is 10.2 Å². The molecule has 2 amide bonds. The summed E-state index contributed by atoms with van der Waals surface area (Å²) in [6.07, 6.45) is 7.30. The number of hydrogen-bond acceptors (Lipinski definition) is 3. The van der Waals surface area contributed by atoms with Gasteiger partial charge in [-0.3, -0.25) is 14.5 Å². The monoisotopic (exact) mass is 396 g/mol.